The largest absolute Gasteiger partial charge is 0.497 e. The third-order valence-electron chi connectivity index (χ3n) is 2.91. The van der Waals surface area contributed by atoms with E-state index in [1.54, 1.807) is 14.2 Å². The predicted octanol–water partition coefficient (Wildman–Crippen LogP) is 3.96. The molecule has 0 aliphatic heterocycles. The van der Waals surface area contributed by atoms with Gasteiger partial charge in [-0.2, -0.15) is 0 Å². The molecule has 112 valence electrons. The highest BCUT2D eigenvalue weighted by Crippen LogP contribution is 2.27. The molecular weight excluding hydrogens is 334 g/mol. The van der Waals surface area contributed by atoms with Crippen molar-refractivity contribution in [2.24, 2.45) is 0 Å². The van der Waals surface area contributed by atoms with E-state index in [0.717, 1.165) is 27.4 Å². The third kappa shape index (κ3) is 4.56. The van der Waals surface area contributed by atoms with Gasteiger partial charge >= 0.3 is 0 Å². The van der Waals surface area contributed by atoms with Crippen LogP contribution < -0.4 is 19.5 Å². The lowest BCUT2D eigenvalue weighted by atomic mass is 10.3. The molecule has 0 radical (unpaired) electrons. The molecule has 2 aromatic carbocycles. The Balaban J connectivity index is 1.78. The molecule has 0 aliphatic rings. The Morgan fingerprint density at radius 1 is 0.952 bits per heavy atom. The molecule has 2 aromatic rings. The summed E-state index contributed by atoms with van der Waals surface area (Å²) in [5.41, 5.74) is 0.994. The highest BCUT2D eigenvalue weighted by Gasteiger charge is 2.01. The Labute approximate surface area is 133 Å². The Bertz CT molecular complexity index is 572. The van der Waals surface area contributed by atoms with Gasteiger partial charge in [-0.05, 0) is 52.3 Å². The second-order valence-corrected chi connectivity index (χ2v) is 5.15. The first-order chi connectivity index (χ1) is 10.2. The fourth-order valence-corrected chi connectivity index (χ4v) is 2.21. The van der Waals surface area contributed by atoms with Crippen molar-refractivity contribution in [3.63, 3.8) is 0 Å². The number of ether oxygens (including phenoxy) is 3. The van der Waals surface area contributed by atoms with Crippen LogP contribution in [0.5, 0.6) is 17.2 Å². The van der Waals surface area contributed by atoms with E-state index in [2.05, 4.69) is 21.2 Å². The maximum absolute atomic E-state index is 5.65. The summed E-state index contributed by atoms with van der Waals surface area (Å²) in [6.45, 7) is 1.28. The molecule has 0 saturated carbocycles. The van der Waals surface area contributed by atoms with Gasteiger partial charge < -0.3 is 19.5 Å². The van der Waals surface area contributed by atoms with Gasteiger partial charge in [0.1, 0.15) is 23.9 Å². The topological polar surface area (TPSA) is 39.7 Å². The van der Waals surface area contributed by atoms with Crippen LogP contribution in [0.4, 0.5) is 5.69 Å². The molecule has 0 aliphatic carbocycles. The van der Waals surface area contributed by atoms with E-state index in [1.165, 1.54) is 0 Å². The minimum absolute atomic E-state index is 0.574. The zero-order valence-corrected chi connectivity index (χ0v) is 13.6. The maximum atomic E-state index is 5.65. The molecule has 0 atom stereocenters. The van der Waals surface area contributed by atoms with Gasteiger partial charge in [-0.3, -0.25) is 0 Å². The predicted molar refractivity (Wildman–Crippen MR) is 87.7 cm³/mol. The molecule has 0 heterocycles. The van der Waals surface area contributed by atoms with Gasteiger partial charge in [-0.1, -0.05) is 0 Å². The minimum Gasteiger partial charge on any atom is -0.497 e. The van der Waals surface area contributed by atoms with Crippen molar-refractivity contribution >= 4 is 21.6 Å². The van der Waals surface area contributed by atoms with Crippen LogP contribution in [0.1, 0.15) is 0 Å². The highest BCUT2D eigenvalue weighted by molar-refractivity contribution is 9.10. The van der Waals surface area contributed by atoms with Crippen molar-refractivity contribution in [3.05, 3.63) is 46.9 Å². The Morgan fingerprint density at radius 3 is 2.33 bits per heavy atom. The van der Waals surface area contributed by atoms with Gasteiger partial charge in [0.2, 0.25) is 0 Å². The number of benzene rings is 2. The molecule has 21 heavy (non-hydrogen) atoms. The average molecular weight is 352 g/mol. The molecule has 0 bridgehead atoms. The fraction of sp³-hybridized carbons (Fsp3) is 0.250. The van der Waals surface area contributed by atoms with Crippen molar-refractivity contribution in [1.82, 2.24) is 0 Å². The van der Waals surface area contributed by atoms with Crippen LogP contribution in [-0.4, -0.2) is 27.4 Å². The van der Waals surface area contributed by atoms with Gasteiger partial charge in [0.25, 0.3) is 0 Å². The zero-order valence-electron chi connectivity index (χ0n) is 12.1. The second kappa shape index (κ2) is 7.78. The molecule has 0 spiro atoms. The van der Waals surface area contributed by atoms with Crippen molar-refractivity contribution in [2.45, 2.75) is 0 Å². The summed E-state index contributed by atoms with van der Waals surface area (Å²) in [6, 6.07) is 13.4. The molecule has 0 unspecified atom stereocenters. The number of rotatable bonds is 7. The normalized spacial score (nSPS) is 10.0. The van der Waals surface area contributed by atoms with E-state index in [9.17, 15) is 0 Å². The molecule has 0 aromatic heterocycles. The quantitative estimate of drug-likeness (QED) is 0.766. The van der Waals surface area contributed by atoms with Gasteiger partial charge in [0.05, 0.1) is 18.7 Å². The summed E-state index contributed by atoms with van der Waals surface area (Å²) < 4.78 is 16.9. The molecule has 1 N–H and O–H groups in total. The van der Waals surface area contributed by atoms with E-state index in [1.807, 2.05) is 42.5 Å². The number of nitrogens with one attached hydrogen (secondary N) is 1. The van der Waals surface area contributed by atoms with Gasteiger partial charge in [-0.25, -0.2) is 0 Å². The lowest BCUT2D eigenvalue weighted by Gasteiger charge is -2.11. The Morgan fingerprint density at radius 2 is 1.67 bits per heavy atom. The average Bonchev–Trinajstić information content (AvgIpc) is 2.53. The van der Waals surface area contributed by atoms with Crippen molar-refractivity contribution in [3.8, 4) is 17.2 Å². The number of methoxy groups -OCH3 is 2. The van der Waals surface area contributed by atoms with E-state index >= 15 is 0 Å². The summed E-state index contributed by atoms with van der Waals surface area (Å²) in [7, 11) is 3.29. The second-order valence-electron chi connectivity index (χ2n) is 4.30. The van der Waals surface area contributed by atoms with Crippen molar-refractivity contribution < 1.29 is 14.2 Å². The van der Waals surface area contributed by atoms with Gasteiger partial charge in [0, 0.05) is 18.3 Å². The van der Waals surface area contributed by atoms with Crippen LogP contribution in [0.3, 0.4) is 0 Å². The lowest BCUT2D eigenvalue weighted by molar-refractivity contribution is 0.331. The standard InChI is InChI=1S/C16H18BrNO3/c1-19-13-4-6-14(7-5-13)21-10-9-18-12-3-8-15(17)16(11-12)20-2/h3-8,11,18H,9-10H2,1-2H3. The molecule has 0 amide bonds. The molecule has 0 fully saturated rings. The first-order valence-corrected chi connectivity index (χ1v) is 7.36. The Kier molecular flexibility index (Phi) is 5.75. The highest BCUT2D eigenvalue weighted by atomic mass is 79.9. The SMILES string of the molecule is COc1ccc(OCCNc2ccc(Br)c(OC)c2)cc1. The molecular formula is C16H18BrNO3. The van der Waals surface area contributed by atoms with Gasteiger partial charge in [0.15, 0.2) is 0 Å². The first kappa shape index (κ1) is 15.5. The van der Waals surface area contributed by atoms with Crippen molar-refractivity contribution in [1.29, 1.82) is 0 Å². The minimum atomic E-state index is 0.574. The number of halogens is 1. The van der Waals surface area contributed by atoms with E-state index in [-0.39, 0.29) is 0 Å². The van der Waals surface area contributed by atoms with Crippen molar-refractivity contribution in [2.75, 3.05) is 32.7 Å². The third-order valence-corrected chi connectivity index (χ3v) is 3.57. The summed E-state index contributed by atoms with van der Waals surface area (Å²) in [5, 5.41) is 3.29. The van der Waals surface area contributed by atoms with Gasteiger partial charge in [-0.15, -0.1) is 0 Å². The first-order valence-electron chi connectivity index (χ1n) is 6.57. The summed E-state index contributed by atoms with van der Waals surface area (Å²) in [6.07, 6.45) is 0. The molecule has 4 nitrogen and oxygen atoms in total. The molecule has 2 rings (SSSR count). The van der Waals surface area contributed by atoms with Crippen LogP contribution in [-0.2, 0) is 0 Å². The Hall–Kier alpha value is -1.88. The number of hydrogen-bond acceptors (Lipinski definition) is 4. The lowest BCUT2D eigenvalue weighted by Crippen LogP contribution is -2.11. The summed E-state index contributed by atoms with van der Waals surface area (Å²) in [4.78, 5) is 0. The van der Waals surface area contributed by atoms with Crippen LogP contribution in [0.2, 0.25) is 0 Å². The van der Waals surface area contributed by atoms with Crippen LogP contribution in [0.15, 0.2) is 46.9 Å². The van der Waals surface area contributed by atoms with Crippen LogP contribution in [0.25, 0.3) is 0 Å². The smallest absolute Gasteiger partial charge is 0.135 e. The molecule has 5 heteroatoms. The summed E-state index contributed by atoms with van der Waals surface area (Å²) in [5.74, 6) is 2.45. The number of anilines is 1. The van der Waals surface area contributed by atoms with Crippen LogP contribution in [0, 0.1) is 0 Å². The maximum Gasteiger partial charge on any atom is 0.135 e. The fourth-order valence-electron chi connectivity index (χ4n) is 1.81. The van der Waals surface area contributed by atoms with E-state index in [0.29, 0.717) is 13.2 Å². The van der Waals surface area contributed by atoms with Crippen LogP contribution >= 0.6 is 15.9 Å². The monoisotopic (exact) mass is 351 g/mol. The zero-order chi connectivity index (χ0) is 15.1. The molecule has 0 saturated heterocycles. The van der Waals surface area contributed by atoms with E-state index < -0.39 is 0 Å². The van der Waals surface area contributed by atoms with E-state index in [4.69, 9.17) is 14.2 Å². The number of hydrogen-bond donors (Lipinski definition) is 1. The summed E-state index contributed by atoms with van der Waals surface area (Å²) >= 11 is 3.43.